The molecule has 0 spiro atoms. The van der Waals surface area contributed by atoms with Crippen LogP contribution >= 0.6 is 24.0 Å². The molecule has 140 valence electrons. The second-order valence-electron chi connectivity index (χ2n) is 6.04. The lowest BCUT2D eigenvalue weighted by molar-refractivity contribution is -0.124. The normalized spacial score (nSPS) is 13.7. The lowest BCUT2D eigenvalue weighted by atomic mass is 10.2. The Morgan fingerprint density at radius 2 is 1.78 bits per heavy atom. The maximum Gasteiger partial charge on any atom is 0.238 e. The maximum atomic E-state index is 12.1. The van der Waals surface area contributed by atoms with Crippen molar-refractivity contribution in [1.29, 1.82) is 0 Å². The Bertz CT molecular complexity index is 794. The van der Waals surface area contributed by atoms with Gasteiger partial charge < -0.3 is 10.1 Å². The first-order valence-corrected chi connectivity index (χ1v) is 10.1. The molecule has 0 saturated carbocycles. The molecule has 2 aromatic rings. The molecule has 5 nitrogen and oxygen atoms in total. The van der Waals surface area contributed by atoms with Gasteiger partial charge in [-0.25, -0.2) is 0 Å². The molecule has 0 atom stereocenters. The second-order valence-corrected chi connectivity index (χ2v) is 7.65. The average molecular weight is 401 g/mol. The van der Waals surface area contributed by atoms with Gasteiger partial charge in [-0.3, -0.25) is 14.5 Å². The second kappa shape index (κ2) is 9.53. The number of thiocarbonyl (C=S) groups is 1. The summed E-state index contributed by atoms with van der Waals surface area (Å²) in [5.74, 6) is 1.93. The van der Waals surface area contributed by atoms with Gasteiger partial charge in [-0.15, -0.1) is 0 Å². The van der Waals surface area contributed by atoms with Gasteiger partial charge in [0.25, 0.3) is 0 Å². The first kappa shape index (κ1) is 19.4. The van der Waals surface area contributed by atoms with Crippen molar-refractivity contribution in [2.45, 2.75) is 19.3 Å². The molecular formula is C20H20N2O3S2. The molecule has 1 N–H and O–H groups in total. The smallest absolute Gasteiger partial charge is 0.238 e. The molecule has 1 saturated heterocycles. The highest BCUT2D eigenvalue weighted by Gasteiger charge is 2.25. The van der Waals surface area contributed by atoms with Crippen molar-refractivity contribution in [2.24, 2.45) is 0 Å². The monoisotopic (exact) mass is 400 g/mol. The summed E-state index contributed by atoms with van der Waals surface area (Å²) >= 11 is 6.53. The Morgan fingerprint density at radius 1 is 1.07 bits per heavy atom. The van der Waals surface area contributed by atoms with E-state index in [1.54, 1.807) is 4.90 Å². The van der Waals surface area contributed by atoms with E-state index in [2.05, 4.69) is 5.32 Å². The lowest BCUT2D eigenvalue weighted by Crippen LogP contribution is -2.29. The van der Waals surface area contributed by atoms with Crippen LogP contribution in [0.3, 0.4) is 0 Å². The van der Waals surface area contributed by atoms with Crippen LogP contribution in [0.4, 0.5) is 5.69 Å². The van der Waals surface area contributed by atoms with E-state index in [9.17, 15) is 9.59 Å². The number of ether oxygens (including phenoxy) is 1. The molecule has 27 heavy (non-hydrogen) atoms. The van der Waals surface area contributed by atoms with Crippen molar-refractivity contribution in [1.82, 2.24) is 4.90 Å². The zero-order valence-corrected chi connectivity index (χ0v) is 16.4. The number of rotatable bonds is 8. The highest BCUT2D eigenvalue weighted by Crippen LogP contribution is 2.23. The number of anilines is 1. The molecule has 1 heterocycles. The minimum absolute atomic E-state index is 0.0450. The van der Waals surface area contributed by atoms with Gasteiger partial charge in [0, 0.05) is 18.7 Å². The minimum atomic E-state index is -0.0450. The molecule has 7 heteroatoms. The van der Waals surface area contributed by atoms with Crippen LogP contribution in [0.1, 0.15) is 19.3 Å². The summed E-state index contributed by atoms with van der Waals surface area (Å²) in [5, 5.41) is 2.87. The topological polar surface area (TPSA) is 58.6 Å². The number of nitrogens with one attached hydrogen (secondary N) is 1. The van der Waals surface area contributed by atoms with E-state index in [0.717, 1.165) is 17.9 Å². The van der Waals surface area contributed by atoms with E-state index in [4.69, 9.17) is 17.0 Å². The zero-order chi connectivity index (χ0) is 19.1. The highest BCUT2D eigenvalue weighted by molar-refractivity contribution is 8.23. The number of hydrogen-bond donors (Lipinski definition) is 1. The molecule has 1 aliphatic heterocycles. The number of carbonyl (C=O) groups is 2. The largest absolute Gasteiger partial charge is 0.457 e. The molecular weight excluding hydrogens is 380 g/mol. The molecule has 2 aromatic carbocycles. The van der Waals surface area contributed by atoms with Gasteiger partial charge in [-0.1, -0.05) is 42.2 Å². The average Bonchev–Trinajstić information content (AvgIpc) is 2.99. The molecule has 0 aromatic heterocycles. The summed E-state index contributed by atoms with van der Waals surface area (Å²) in [5.41, 5.74) is 0.729. The van der Waals surface area contributed by atoms with Gasteiger partial charge in [-0.2, -0.15) is 0 Å². The van der Waals surface area contributed by atoms with Gasteiger partial charge in [0.05, 0.1) is 5.75 Å². The summed E-state index contributed by atoms with van der Waals surface area (Å²) in [6.07, 6.45) is 1.87. The highest BCUT2D eigenvalue weighted by atomic mass is 32.2. The lowest BCUT2D eigenvalue weighted by Gasteiger charge is -2.14. The van der Waals surface area contributed by atoms with Gasteiger partial charge in [0.1, 0.15) is 15.8 Å². The quantitative estimate of drug-likeness (QED) is 0.524. The van der Waals surface area contributed by atoms with Crippen LogP contribution in [-0.4, -0.2) is 33.3 Å². The van der Waals surface area contributed by atoms with E-state index >= 15 is 0 Å². The summed E-state index contributed by atoms with van der Waals surface area (Å²) in [6.45, 7) is 0.587. The number of nitrogens with zero attached hydrogens (tertiary/aromatic N) is 1. The van der Waals surface area contributed by atoms with E-state index in [1.807, 2.05) is 54.6 Å². The fourth-order valence-corrected chi connectivity index (χ4v) is 3.73. The van der Waals surface area contributed by atoms with E-state index in [0.29, 0.717) is 35.2 Å². The SMILES string of the molecule is O=C(CCCCN1C(=O)CSC1=S)Nc1ccc(Oc2ccccc2)cc1. The van der Waals surface area contributed by atoms with Crippen LogP contribution < -0.4 is 10.1 Å². The Labute approximate surface area is 168 Å². The first-order chi connectivity index (χ1) is 13.1. The van der Waals surface area contributed by atoms with E-state index in [-0.39, 0.29) is 11.8 Å². The van der Waals surface area contributed by atoms with Crippen molar-refractivity contribution >= 4 is 45.8 Å². The molecule has 2 amide bonds. The number of carbonyl (C=O) groups excluding carboxylic acids is 2. The molecule has 1 aliphatic rings. The van der Waals surface area contributed by atoms with Gasteiger partial charge in [-0.05, 0) is 49.2 Å². The third-order valence-electron chi connectivity index (χ3n) is 3.99. The van der Waals surface area contributed by atoms with Crippen LogP contribution in [0, 0.1) is 0 Å². The standard InChI is InChI=1S/C20H20N2O3S2/c23-18(8-4-5-13-22-19(24)14-27-20(22)26)21-15-9-11-17(12-10-15)25-16-6-2-1-3-7-16/h1-3,6-7,9-12H,4-5,8,13-14H2,(H,21,23). The van der Waals surface area contributed by atoms with Crippen LogP contribution in [0.15, 0.2) is 54.6 Å². The molecule has 0 bridgehead atoms. The Balaban J connectivity index is 1.39. The zero-order valence-electron chi connectivity index (χ0n) is 14.7. The Morgan fingerprint density at radius 3 is 2.44 bits per heavy atom. The maximum absolute atomic E-state index is 12.1. The minimum Gasteiger partial charge on any atom is -0.457 e. The summed E-state index contributed by atoms with van der Waals surface area (Å²) in [6, 6.07) is 16.8. The third-order valence-corrected chi connectivity index (χ3v) is 5.43. The molecule has 1 fully saturated rings. The van der Waals surface area contributed by atoms with Crippen LogP contribution in [-0.2, 0) is 9.59 Å². The molecule has 3 rings (SSSR count). The van der Waals surface area contributed by atoms with Gasteiger partial charge >= 0.3 is 0 Å². The van der Waals surface area contributed by atoms with Crippen molar-refractivity contribution < 1.29 is 14.3 Å². The van der Waals surface area contributed by atoms with E-state index < -0.39 is 0 Å². The predicted octanol–water partition coefficient (Wildman–Crippen LogP) is 4.45. The Kier molecular flexibility index (Phi) is 6.84. The fraction of sp³-hybridized carbons (Fsp3) is 0.250. The summed E-state index contributed by atoms with van der Waals surface area (Å²) < 4.78 is 6.37. The van der Waals surface area contributed by atoms with Crippen LogP contribution in [0.2, 0.25) is 0 Å². The van der Waals surface area contributed by atoms with Gasteiger partial charge in [0.15, 0.2) is 0 Å². The third kappa shape index (κ3) is 5.80. The number of unbranched alkanes of at least 4 members (excludes halogenated alkanes) is 1. The number of hydrogen-bond acceptors (Lipinski definition) is 5. The first-order valence-electron chi connectivity index (χ1n) is 8.72. The van der Waals surface area contributed by atoms with Crippen LogP contribution in [0.25, 0.3) is 0 Å². The fourth-order valence-electron chi connectivity index (χ4n) is 2.61. The number of thioether (sulfide) groups is 1. The van der Waals surface area contributed by atoms with Crippen molar-refractivity contribution in [2.75, 3.05) is 17.6 Å². The van der Waals surface area contributed by atoms with Crippen LogP contribution in [0.5, 0.6) is 11.5 Å². The Hall–Kier alpha value is -2.38. The van der Waals surface area contributed by atoms with Crippen molar-refractivity contribution in [3.8, 4) is 11.5 Å². The summed E-state index contributed by atoms with van der Waals surface area (Å²) in [4.78, 5) is 25.3. The van der Waals surface area contributed by atoms with E-state index in [1.165, 1.54) is 11.8 Å². The van der Waals surface area contributed by atoms with Crippen molar-refractivity contribution in [3.63, 3.8) is 0 Å². The number of amides is 2. The van der Waals surface area contributed by atoms with Gasteiger partial charge in [0.2, 0.25) is 11.8 Å². The predicted molar refractivity (Wildman–Crippen MR) is 112 cm³/mol. The molecule has 0 aliphatic carbocycles. The molecule has 0 radical (unpaired) electrons. The summed E-state index contributed by atoms with van der Waals surface area (Å²) in [7, 11) is 0. The van der Waals surface area contributed by atoms with Crippen molar-refractivity contribution in [3.05, 3.63) is 54.6 Å². The molecule has 0 unspecified atom stereocenters. The number of para-hydroxylation sites is 1. The number of benzene rings is 2.